The quantitative estimate of drug-likeness (QED) is 0.411. The lowest BCUT2D eigenvalue weighted by Crippen LogP contribution is -2.45. The second-order valence-corrected chi connectivity index (χ2v) is 9.61. The minimum absolute atomic E-state index is 0.0110. The molecule has 2 rings (SSSR count). The Bertz CT molecular complexity index is 786. The second-order valence-electron chi connectivity index (χ2n) is 7.93. The van der Waals surface area contributed by atoms with Crippen molar-refractivity contribution in [1.82, 2.24) is 10.0 Å². The van der Waals surface area contributed by atoms with E-state index in [4.69, 9.17) is 4.74 Å². The summed E-state index contributed by atoms with van der Waals surface area (Å²) >= 11 is 0. The Morgan fingerprint density at radius 3 is 2.37 bits per heavy atom. The summed E-state index contributed by atoms with van der Waals surface area (Å²) in [5, 5.41) is 2.73. The van der Waals surface area contributed by atoms with Crippen LogP contribution in [0.25, 0.3) is 0 Å². The van der Waals surface area contributed by atoms with Crippen molar-refractivity contribution in [3.05, 3.63) is 29.8 Å². The zero-order chi connectivity index (χ0) is 22.0. The molecule has 0 bridgehead atoms. The Hall–Kier alpha value is -2.09. The van der Waals surface area contributed by atoms with Gasteiger partial charge in [0.05, 0.1) is 4.90 Å². The predicted molar refractivity (Wildman–Crippen MR) is 115 cm³/mol. The Balaban J connectivity index is 1.86. The molecule has 2 N–H and O–H groups in total. The van der Waals surface area contributed by atoms with Gasteiger partial charge in [-0.1, -0.05) is 57.6 Å². The summed E-state index contributed by atoms with van der Waals surface area (Å²) in [6.07, 6.45) is 8.93. The van der Waals surface area contributed by atoms with Gasteiger partial charge in [-0.25, -0.2) is 17.9 Å². The van der Waals surface area contributed by atoms with Crippen LogP contribution in [-0.2, 0) is 19.6 Å². The third kappa shape index (κ3) is 7.97. The highest BCUT2D eigenvalue weighted by atomic mass is 32.2. The van der Waals surface area contributed by atoms with E-state index in [1.165, 1.54) is 12.1 Å². The third-order valence-corrected chi connectivity index (χ3v) is 6.72. The van der Waals surface area contributed by atoms with Crippen molar-refractivity contribution in [2.24, 2.45) is 0 Å². The number of hydrogen-bond donors (Lipinski definition) is 2. The van der Waals surface area contributed by atoms with E-state index in [0.717, 1.165) is 57.8 Å². The van der Waals surface area contributed by atoms with Crippen LogP contribution in [0, 0.1) is 0 Å². The summed E-state index contributed by atoms with van der Waals surface area (Å²) in [5.74, 6) is -0.253. The molecule has 1 saturated carbocycles. The van der Waals surface area contributed by atoms with Crippen LogP contribution in [0.3, 0.4) is 0 Å². The van der Waals surface area contributed by atoms with E-state index in [1.54, 1.807) is 19.1 Å². The minimum Gasteiger partial charge on any atom is -0.458 e. The van der Waals surface area contributed by atoms with E-state index in [2.05, 4.69) is 17.0 Å². The van der Waals surface area contributed by atoms with Gasteiger partial charge in [0.1, 0.15) is 6.10 Å². The lowest BCUT2D eigenvalue weighted by Gasteiger charge is -2.22. The highest BCUT2D eigenvalue weighted by Crippen LogP contribution is 2.21. The fraction of sp³-hybridized carbons (Fsp3) is 0.636. The molecule has 0 spiro atoms. The highest BCUT2D eigenvalue weighted by molar-refractivity contribution is 7.90. The van der Waals surface area contributed by atoms with Crippen LogP contribution in [0.4, 0.5) is 4.79 Å². The normalized spacial score (nSPS) is 15.9. The number of hydrogen-bond acceptors (Lipinski definition) is 5. The summed E-state index contributed by atoms with van der Waals surface area (Å²) in [6.45, 7) is 3.87. The molecule has 0 saturated heterocycles. The molecule has 8 heteroatoms. The van der Waals surface area contributed by atoms with Crippen molar-refractivity contribution in [3.8, 4) is 0 Å². The number of rotatable bonds is 10. The molecule has 1 aromatic rings. The molecule has 168 valence electrons. The van der Waals surface area contributed by atoms with Crippen molar-refractivity contribution in [2.45, 2.75) is 95.1 Å². The first-order chi connectivity index (χ1) is 14.3. The molecule has 1 aliphatic rings. The maximum absolute atomic E-state index is 12.5. The number of esters is 1. The van der Waals surface area contributed by atoms with E-state index < -0.39 is 22.2 Å². The molecule has 30 heavy (non-hydrogen) atoms. The molecule has 0 aliphatic heterocycles. The van der Waals surface area contributed by atoms with Gasteiger partial charge >= 0.3 is 12.0 Å². The van der Waals surface area contributed by atoms with E-state index >= 15 is 0 Å². The van der Waals surface area contributed by atoms with Gasteiger partial charge in [-0.3, -0.25) is 4.79 Å². The van der Waals surface area contributed by atoms with Gasteiger partial charge in [0.2, 0.25) is 0 Å². The van der Waals surface area contributed by atoms with Crippen LogP contribution in [-0.4, -0.2) is 26.5 Å². The average Bonchev–Trinajstić information content (AvgIpc) is 2.71. The van der Waals surface area contributed by atoms with Gasteiger partial charge in [0, 0.05) is 12.5 Å². The fourth-order valence-corrected chi connectivity index (χ4v) is 4.50. The predicted octanol–water partition coefficient (Wildman–Crippen LogP) is 4.58. The molecule has 1 unspecified atom stereocenters. The number of urea groups is 1. The molecule has 7 nitrogen and oxygen atoms in total. The Kier molecular flexibility index (Phi) is 9.62. The van der Waals surface area contributed by atoms with Crippen molar-refractivity contribution < 1.29 is 22.7 Å². The lowest BCUT2D eigenvalue weighted by molar-refractivity contribution is -0.148. The second kappa shape index (κ2) is 11.9. The Labute approximate surface area is 180 Å². The summed E-state index contributed by atoms with van der Waals surface area (Å²) in [7, 11) is -3.96. The molecule has 2 amide bonds. The number of ether oxygens (including phenoxy) is 1. The van der Waals surface area contributed by atoms with Crippen LogP contribution >= 0.6 is 0 Å². The molecule has 1 aliphatic carbocycles. The summed E-state index contributed by atoms with van der Waals surface area (Å²) < 4.78 is 32.4. The number of amides is 2. The van der Waals surface area contributed by atoms with Crippen LogP contribution in [0.15, 0.2) is 29.2 Å². The first kappa shape index (κ1) is 24.2. The lowest BCUT2D eigenvalue weighted by atomic mass is 9.96. The Morgan fingerprint density at radius 2 is 1.73 bits per heavy atom. The molecule has 0 radical (unpaired) electrons. The smallest absolute Gasteiger partial charge is 0.328 e. The largest absolute Gasteiger partial charge is 0.458 e. The van der Waals surface area contributed by atoms with E-state index in [-0.39, 0.29) is 16.9 Å². The zero-order valence-corrected chi connectivity index (χ0v) is 18.8. The minimum atomic E-state index is -3.96. The summed E-state index contributed by atoms with van der Waals surface area (Å²) in [6, 6.07) is 5.35. The first-order valence-electron chi connectivity index (χ1n) is 10.9. The van der Waals surface area contributed by atoms with Crippen LogP contribution in [0.1, 0.15) is 89.7 Å². The summed E-state index contributed by atoms with van der Waals surface area (Å²) in [4.78, 5) is 24.0. The van der Waals surface area contributed by atoms with Crippen molar-refractivity contribution in [2.75, 3.05) is 0 Å². The maximum atomic E-state index is 12.5. The van der Waals surface area contributed by atoms with Gasteiger partial charge in [-0.05, 0) is 43.9 Å². The molecule has 1 aromatic carbocycles. The number of carbonyl (C=O) groups is 2. The monoisotopic (exact) mass is 438 g/mol. The van der Waals surface area contributed by atoms with Crippen LogP contribution < -0.4 is 10.0 Å². The SMILES string of the molecule is CCCCCCC(=O)OC(C)c1ccc(S(=O)(=O)NC(=O)NC2CCCCC2)cc1. The Morgan fingerprint density at radius 1 is 1.07 bits per heavy atom. The van der Waals surface area contributed by atoms with Gasteiger partial charge in [0.25, 0.3) is 10.0 Å². The zero-order valence-electron chi connectivity index (χ0n) is 18.0. The molecule has 0 heterocycles. The van der Waals surface area contributed by atoms with E-state index in [9.17, 15) is 18.0 Å². The van der Waals surface area contributed by atoms with Crippen molar-refractivity contribution in [3.63, 3.8) is 0 Å². The molecule has 1 fully saturated rings. The van der Waals surface area contributed by atoms with Gasteiger partial charge < -0.3 is 10.1 Å². The molecule has 0 aromatic heterocycles. The number of carbonyl (C=O) groups excluding carboxylic acids is 2. The standard InChI is InChI=1S/C22H34N2O5S/c1-3-4-5-9-12-21(25)29-17(2)18-13-15-20(16-14-18)30(27,28)24-22(26)23-19-10-7-6-8-11-19/h13-17,19H,3-12H2,1-2H3,(H2,23,24,26). The van der Waals surface area contributed by atoms with Gasteiger partial charge in [0.15, 0.2) is 0 Å². The first-order valence-corrected chi connectivity index (χ1v) is 12.4. The molecular formula is C22H34N2O5S. The maximum Gasteiger partial charge on any atom is 0.328 e. The van der Waals surface area contributed by atoms with E-state index in [0.29, 0.717) is 12.0 Å². The van der Waals surface area contributed by atoms with Crippen molar-refractivity contribution >= 4 is 22.0 Å². The fourth-order valence-electron chi connectivity index (χ4n) is 3.58. The number of nitrogens with one attached hydrogen (secondary N) is 2. The molecular weight excluding hydrogens is 404 g/mol. The van der Waals surface area contributed by atoms with E-state index in [1.807, 2.05) is 0 Å². The topological polar surface area (TPSA) is 102 Å². The highest BCUT2D eigenvalue weighted by Gasteiger charge is 2.21. The van der Waals surface area contributed by atoms with Crippen molar-refractivity contribution in [1.29, 1.82) is 0 Å². The summed E-state index contributed by atoms with van der Waals surface area (Å²) in [5.41, 5.74) is 0.697. The number of unbranched alkanes of at least 4 members (excludes halogenated alkanes) is 3. The van der Waals surface area contributed by atoms with Gasteiger partial charge in [-0.15, -0.1) is 0 Å². The van der Waals surface area contributed by atoms with Crippen LogP contribution in [0.5, 0.6) is 0 Å². The average molecular weight is 439 g/mol. The molecule has 1 atom stereocenters. The number of benzene rings is 1. The van der Waals surface area contributed by atoms with Gasteiger partial charge in [-0.2, -0.15) is 0 Å². The number of sulfonamides is 1. The third-order valence-electron chi connectivity index (χ3n) is 5.37. The van der Waals surface area contributed by atoms with Crippen LogP contribution in [0.2, 0.25) is 0 Å².